The Morgan fingerprint density at radius 2 is 0.977 bits per heavy atom. The number of nitrogens with zero attached hydrogens (tertiary/aromatic N) is 5. The van der Waals surface area contributed by atoms with Crippen LogP contribution in [0.4, 0.5) is 0 Å². The Morgan fingerprint density at radius 3 is 1.70 bits per heavy atom. The van der Waals surface area contributed by atoms with E-state index in [0.717, 1.165) is 21.8 Å². The molecule has 0 N–H and O–H groups in total. The van der Waals surface area contributed by atoms with Crippen LogP contribution in [0.25, 0.3) is 78.0 Å². The number of hydrogen-bond acceptors (Lipinski definition) is 3. The molecule has 0 aliphatic rings. The van der Waals surface area contributed by atoms with Crippen LogP contribution < -0.4 is 0 Å². The molecule has 5 nitrogen and oxygen atoms in total. The average Bonchev–Trinajstić information content (AvgIpc) is 3.71. The van der Waals surface area contributed by atoms with E-state index in [9.17, 15) is 0 Å². The lowest BCUT2D eigenvalue weighted by atomic mass is 10.1. The molecule has 0 saturated heterocycles. The van der Waals surface area contributed by atoms with Crippen LogP contribution >= 0.6 is 0 Å². The van der Waals surface area contributed by atoms with Crippen molar-refractivity contribution in [1.82, 2.24) is 24.1 Å². The molecule has 3 aromatic heterocycles. The number of para-hydroxylation sites is 5. The Kier molecular flexibility index (Phi) is 3.80. The van der Waals surface area contributed by atoms with Gasteiger partial charge >= 0.3 is 0 Å². The minimum Gasteiger partial charge on any atom is -0.309 e. The lowest BCUT2D eigenvalue weighted by Crippen LogP contribution is -2.07. The summed E-state index contributed by atoms with van der Waals surface area (Å²) in [6.07, 6.45) is 0. The number of fused-ring (bicyclic) bond motifs is 6. The zero-order chi connectivity index (χ0) is 36.9. The minimum absolute atomic E-state index is 0.112. The van der Waals surface area contributed by atoms with Crippen molar-refractivity contribution in [3.63, 3.8) is 0 Å². The topological polar surface area (TPSA) is 48.5 Å². The first-order valence-electron chi connectivity index (χ1n) is 18.5. The predicted octanol–water partition coefficient (Wildman–Crippen LogP) is 9.40. The van der Waals surface area contributed by atoms with Crippen molar-refractivity contribution in [3.8, 4) is 34.4 Å². The smallest absolute Gasteiger partial charge is 0.238 e. The summed E-state index contributed by atoms with van der Waals surface area (Å²) in [5, 5.41) is 2.87. The number of hydrogen-bond donors (Lipinski definition) is 0. The van der Waals surface area contributed by atoms with Gasteiger partial charge in [0.15, 0.2) is 11.6 Å². The molecule has 6 aromatic carbocycles. The van der Waals surface area contributed by atoms with Gasteiger partial charge in [-0.25, -0.2) is 4.98 Å². The van der Waals surface area contributed by atoms with E-state index in [1.165, 1.54) is 0 Å². The highest BCUT2D eigenvalue weighted by Gasteiger charge is 2.20. The summed E-state index contributed by atoms with van der Waals surface area (Å²) in [6.45, 7) is 0. The summed E-state index contributed by atoms with van der Waals surface area (Å²) in [5.41, 5.74) is 3.21. The molecule has 0 unspecified atom stereocenters. The molecular formula is C39H25N5. The molecule has 0 saturated carbocycles. The van der Waals surface area contributed by atoms with Crippen LogP contribution in [0.15, 0.2) is 151 Å². The molecular weight excluding hydrogens is 538 g/mol. The minimum atomic E-state index is -0.540. The lowest BCUT2D eigenvalue weighted by Gasteiger charge is -2.15. The number of rotatable bonds is 4. The molecule has 0 bridgehead atoms. The zero-order valence-electron chi connectivity index (χ0n) is 32.0. The maximum Gasteiger partial charge on any atom is 0.238 e. The lowest BCUT2D eigenvalue weighted by molar-refractivity contribution is 0.951. The van der Waals surface area contributed by atoms with Crippen molar-refractivity contribution >= 4 is 43.6 Å². The van der Waals surface area contributed by atoms with Crippen LogP contribution in [0.1, 0.15) is 12.3 Å². The van der Waals surface area contributed by atoms with Crippen LogP contribution in [0.2, 0.25) is 0 Å². The molecule has 5 heteroatoms. The fourth-order valence-electron chi connectivity index (χ4n) is 5.97. The summed E-state index contributed by atoms with van der Waals surface area (Å²) in [5.74, 6) is 0.122. The second-order valence-corrected chi connectivity index (χ2v) is 10.2. The highest BCUT2D eigenvalue weighted by atomic mass is 15.2. The Bertz CT molecular complexity index is 2940. The van der Waals surface area contributed by atoms with Gasteiger partial charge in [0.05, 0.1) is 40.1 Å². The molecule has 0 aliphatic carbocycles. The number of aromatic nitrogens is 5. The van der Waals surface area contributed by atoms with Crippen molar-refractivity contribution in [3.05, 3.63) is 151 Å². The summed E-state index contributed by atoms with van der Waals surface area (Å²) < 4.78 is 81.1. The van der Waals surface area contributed by atoms with E-state index in [0.29, 0.717) is 27.5 Å². The Hall–Kier alpha value is -6.07. The van der Waals surface area contributed by atoms with Gasteiger partial charge in [0, 0.05) is 32.7 Å². The van der Waals surface area contributed by atoms with Crippen molar-refractivity contribution < 1.29 is 12.3 Å². The molecule has 0 fully saturated rings. The molecule has 9 rings (SSSR count). The zero-order valence-corrected chi connectivity index (χ0v) is 23.0. The highest BCUT2D eigenvalue weighted by Crippen LogP contribution is 2.36. The second kappa shape index (κ2) is 9.75. The van der Waals surface area contributed by atoms with Gasteiger partial charge in [0.25, 0.3) is 0 Å². The van der Waals surface area contributed by atoms with Gasteiger partial charge in [-0.3, -0.25) is 4.57 Å². The maximum atomic E-state index is 9.01. The third-order valence-electron chi connectivity index (χ3n) is 7.82. The van der Waals surface area contributed by atoms with Gasteiger partial charge in [0.1, 0.15) is 0 Å². The van der Waals surface area contributed by atoms with Gasteiger partial charge in [-0.1, -0.05) is 115 Å². The summed E-state index contributed by atoms with van der Waals surface area (Å²) in [6, 6.07) is 26.4. The molecule has 206 valence electrons. The average molecular weight is 573 g/mol. The Labute approximate surface area is 266 Å². The normalized spacial score (nSPS) is 14.5. The van der Waals surface area contributed by atoms with Crippen molar-refractivity contribution in [2.45, 2.75) is 0 Å². The van der Waals surface area contributed by atoms with Crippen molar-refractivity contribution in [2.75, 3.05) is 0 Å². The maximum absolute atomic E-state index is 9.01. The van der Waals surface area contributed by atoms with Gasteiger partial charge in [-0.2, -0.15) is 9.97 Å². The van der Waals surface area contributed by atoms with E-state index in [1.54, 1.807) is 28.8 Å². The van der Waals surface area contributed by atoms with Crippen LogP contribution in [-0.2, 0) is 0 Å². The van der Waals surface area contributed by atoms with Crippen molar-refractivity contribution in [2.24, 2.45) is 0 Å². The van der Waals surface area contributed by atoms with E-state index >= 15 is 0 Å². The molecule has 0 amide bonds. The van der Waals surface area contributed by atoms with Crippen molar-refractivity contribution in [1.29, 1.82) is 0 Å². The van der Waals surface area contributed by atoms with E-state index in [2.05, 4.69) is 0 Å². The van der Waals surface area contributed by atoms with Gasteiger partial charge < -0.3 is 4.57 Å². The molecule has 3 heterocycles. The fraction of sp³-hybridized carbons (Fsp3) is 0. The standard InChI is InChI=1S/C39H25N5/c1-2-14-26(15-3-1)37-40-38(42-39(41-37)44-34-23-11-6-18-29(34)30-19-7-12-24-35(30)44)31-20-8-13-25-36(31)43-32-21-9-4-16-27(32)28-17-5-10-22-33(28)43/h1-25H/i1D,2D,3D,4D,9D,14D,15D,16D,21D. The van der Waals surface area contributed by atoms with E-state index in [4.69, 9.17) is 27.3 Å². The van der Waals surface area contributed by atoms with Crippen LogP contribution in [0.5, 0.6) is 0 Å². The van der Waals surface area contributed by atoms with E-state index < -0.39 is 30.2 Å². The first-order valence-corrected chi connectivity index (χ1v) is 14.0. The molecule has 0 atom stereocenters. The first kappa shape index (κ1) is 17.1. The largest absolute Gasteiger partial charge is 0.309 e. The van der Waals surface area contributed by atoms with Crippen LogP contribution in [-0.4, -0.2) is 24.1 Å². The SMILES string of the molecule is [2H]c1c([2H])c([2H])c(-c2nc(-c3ccccc3-n3c4ccccc4c4c([2H])c([2H])c([2H])c([2H])c43)nc(-n3c4ccccc4c4ccccc43)n2)c([2H])c1[2H]. The number of benzene rings is 6. The van der Waals surface area contributed by atoms with Gasteiger partial charge in [-0.05, 0) is 36.4 Å². The third kappa shape index (κ3) is 3.69. The van der Waals surface area contributed by atoms with Crippen LogP contribution in [0.3, 0.4) is 0 Å². The highest BCUT2D eigenvalue weighted by molar-refractivity contribution is 6.10. The second-order valence-electron chi connectivity index (χ2n) is 10.2. The summed E-state index contributed by atoms with van der Waals surface area (Å²) in [4.78, 5) is 14.6. The molecule has 0 spiro atoms. The van der Waals surface area contributed by atoms with E-state index in [-0.39, 0.29) is 52.8 Å². The molecule has 0 aliphatic heterocycles. The summed E-state index contributed by atoms with van der Waals surface area (Å²) in [7, 11) is 0. The predicted molar refractivity (Wildman–Crippen MR) is 179 cm³/mol. The van der Waals surface area contributed by atoms with Gasteiger partial charge in [-0.15, -0.1) is 0 Å². The summed E-state index contributed by atoms with van der Waals surface area (Å²) >= 11 is 0. The molecule has 9 aromatic rings. The first-order chi connectivity index (χ1) is 25.6. The Balaban J connectivity index is 1.42. The fourth-order valence-corrected chi connectivity index (χ4v) is 5.97. The molecule has 0 radical (unpaired) electrons. The Morgan fingerprint density at radius 1 is 0.432 bits per heavy atom. The monoisotopic (exact) mass is 572 g/mol. The molecule has 44 heavy (non-hydrogen) atoms. The third-order valence-corrected chi connectivity index (χ3v) is 7.82. The van der Waals surface area contributed by atoms with Crippen LogP contribution in [0, 0.1) is 0 Å². The van der Waals surface area contributed by atoms with Gasteiger partial charge in [0.2, 0.25) is 5.95 Å². The van der Waals surface area contributed by atoms with E-state index in [1.807, 2.05) is 77.4 Å². The quantitative estimate of drug-likeness (QED) is 0.211.